The summed E-state index contributed by atoms with van der Waals surface area (Å²) in [6.07, 6.45) is -3.11. The molecule has 0 amide bonds. The molecule has 1 saturated carbocycles. The minimum Gasteiger partial charge on any atom is -0.390 e. The zero-order valence-corrected chi connectivity index (χ0v) is 12.3. The van der Waals surface area contributed by atoms with Crippen molar-refractivity contribution in [3.63, 3.8) is 0 Å². The lowest BCUT2D eigenvalue weighted by Gasteiger charge is -2.43. The quantitative estimate of drug-likeness (QED) is 0.534. The fourth-order valence-corrected chi connectivity index (χ4v) is 1.85. The smallest absolute Gasteiger partial charge is 0.112 e. The van der Waals surface area contributed by atoms with Gasteiger partial charge in [-0.15, -0.1) is 0 Å². The number of aliphatic hydroxyl groups is 2. The lowest BCUT2D eigenvalue weighted by Crippen LogP contribution is -2.69. The molecular formula is C12H30N2O4. The molecule has 6 nitrogen and oxygen atoms in total. The summed E-state index contributed by atoms with van der Waals surface area (Å²) in [5.41, 5.74) is 11.3. The second-order valence-electron chi connectivity index (χ2n) is 3.54. The Morgan fingerprint density at radius 3 is 1.44 bits per heavy atom. The van der Waals surface area contributed by atoms with Crippen LogP contribution in [-0.4, -0.2) is 60.9 Å². The molecule has 0 aromatic carbocycles. The van der Waals surface area contributed by atoms with Crippen LogP contribution in [0.4, 0.5) is 0 Å². The Morgan fingerprint density at radius 2 is 1.11 bits per heavy atom. The number of rotatable bonds is 2. The molecule has 1 aliphatic rings. The van der Waals surface area contributed by atoms with E-state index in [4.69, 9.17) is 20.9 Å². The van der Waals surface area contributed by atoms with Gasteiger partial charge in [-0.05, 0) is 0 Å². The van der Waals surface area contributed by atoms with Crippen molar-refractivity contribution in [3.05, 3.63) is 0 Å². The van der Waals surface area contributed by atoms with Gasteiger partial charge in [0.05, 0.1) is 18.2 Å². The van der Waals surface area contributed by atoms with Gasteiger partial charge in [-0.25, -0.2) is 0 Å². The zero-order chi connectivity index (χ0) is 14.9. The highest BCUT2D eigenvalue weighted by atomic mass is 16.5. The topological polar surface area (TPSA) is 111 Å². The fraction of sp³-hybridized carbons (Fsp3) is 1.00. The van der Waals surface area contributed by atoms with E-state index in [9.17, 15) is 10.2 Å². The molecule has 0 radical (unpaired) electrons. The molecule has 0 aliphatic heterocycles. The third-order valence-corrected chi connectivity index (χ3v) is 2.77. The van der Waals surface area contributed by atoms with Crippen LogP contribution in [0.1, 0.15) is 27.7 Å². The maximum absolute atomic E-state index is 9.68. The van der Waals surface area contributed by atoms with Crippen molar-refractivity contribution in [1.29, 1.82) is 0 Å². The zero-order valence-electron chi connectivity index (χ0n) is 12.3. The van der Waals surface area contributed by atoms with E-state index in [1.54, 1.807) is 0 Å². The summed E-state index contributed by atoms with van der Waals surface area (Å²) in [7, 11) is 2.89. The Morgan fingerprint density at radius 1 is 0.722 bits per heavy atom. The Kier molecular flexibility index (Phi) is 11.9. The number of nitrogens with two attached hydrogens (primary N) is 2. The molecule has 0 aromatic rings. The summed E-state index contributed by atoms with van der Waals surface area (Å²) in [5, 5.41) is 19.3. The van der Waals surface area contributed by atoms with E-state index in [2.05, 4.69) is 0 Å². The molecular weight excluding hydrogens is 236 g/mol. The highest BCUT2D eigenvalue weighted by Gasteiger charge is 2.47. The normalized spacial score (nSPS) is 39.0. The predicted molar refractivity (Wildman–Crippen MR) is 72.3 cm³/mol. The number of aliphatic hydroxyl groups excluding tert-OH is 2. The van der Waals surface area contributed by atoms with Gasteiger partial charge in [0, 0.05) is 14.2 Å². The molecule has 1 fully saturated rings. The summed E-state index contributed by atoms with van der Waals surface area (Å²) < 4.78 is 10.1. The van der Waals surface area contributed by atoms with E-state index in [1.807, 2.05) is 27.7 Å². The van der Waals surface area contributed by atoms with Crippen molar-refractivity contribution in [2.75, 3.05) is 14.2 Å². The van der Waals surface area contributed by atoms with Crippen LogP contribution in [-0.2, 0) is 9.47 Å². The second kappa shape index (κ2) is 10.7. The number of hydrogen-bond acceptors (Lipinski definition) is 6. The van der Waals surface area contributed by atoms with Gasteiger partial charge in [0.15, 0.2) is 0 Å². The molecule has 112 valence electrons. The molecule has 6 atom stereocenters. The number of methoxy groups -OCH3 is 2. The van der Waals surface area contributed by atoms with Crippen LogP contribution in [0.3, 0.4) is 0 Å². The van der Waals surface area contributed by atoms with Crippen molar-refractivity contribution < 1.29 is 19.7 Å². The molecule has 6 heteroatoms. The van der Waals surface area contributed by atoms with Gasteiger partial charge in [-0.2, -0.15) is 0 Å². The first kappa shape index (κ1) is 20.1. The maximum atomic E-state index is 9.68. The van der Waals surface area contributed by atoms with Crippen LogP contribution in [0.2, 0.25) is 0 Å². The van der Waals surface area contributed by atoms with Gasteiger partial charge in [-0.1, -0.05) is 27.7 Å². The van der Waals surface area contributed by atoms with E-state index in [0.29, 0.717) is 0 Å². The third-order valence-electron chi connectivity index (χ3n) is 2.77. The standard InChI is InChI=1S/C8H18N2O4.2C2H6/c1-13-7-4(10)5(11)3(9)6(12)8(7)14-2;2*1-2/h3-8,11-12H,9-10H2,1-2H3;2*1-2H3/t3-,4+,5-,6+,7-,8-;;/m1../s1. The monoisotopic (exact) mass is 266 g/mol. The van der Waals surface area contributed by atoms with Gasteiger partial charge in [0.25, 0.3) is 0 Å². The van der Waals surface area contributed by atoms with Gasteiger partial charge >= 0.3 is 0 Å². The summed E-state index contributed by atoms with van der Waals surface area (Å²) in [6, 6.07) is -1.45. The molecule has 0 saturated heterocycles. The molecule has 0 aromatic heterocycles. The summed E-state index contributed by atoms with van der Waals surface area (Å²) in [4.78, 5) is 0. The van der Waals surface area contributed by atoms with E-state index in [-0.39, 0.29) is 0 Å². The van der Waals surface area contributed by atoms with E-state index >= 15 is 0 Å². The lowest BCUT2D eigenvalue weighted by atomic mass is 9.82. The molecule has 1 rings (SSSR count). The van der Waals surface area contributed by atoms with Gasteiger partial charge in [-0.3, -0.25) is 0 Å². The van der Waals surface area contributed by atoms with Crippen LogP contribution in [0.5, 0.6) is 0 Å². The largest absolute Gasteiger partial charge is 0.390 e. The average Bonchev–Trinajstić information content (AvgIpc) is 2.44. The van der Waals surface area contributed by atoms with E-state index in [1.165, 1.54) is 14.2 Å². The van der Waals surface area contributed by atoms with Gasteiger partial charge in [0.1, 0.15) is 18.3 Å². The highest BCUT2D eigenvalue weighted by Crippen LogP contribution is 2.22. The van der Waals surface area contributed by atoms with Crippen LogP contribution in [0, 0.1) is 0 Å². The SMILES string of the molecule is CC.CC.CO[C@@H]1[C@@H](N)[C@H](O)[C@@H](N)[C@H](O)[C@H]1OC. The number of ether oxygens (including phenoxy) is 2. The van der Waals surface area contributed by atoms with Crippen LogP contribution in [0.25, 0.3) is 0 Å². The van der Waals surface area contributed by atoms with Crippen LogP contribution in [0.15, 0.2) is 0 Å². The van der Waals surface area contributed by atoms with Crippen molar-refractivity contribution in [1.82, 2.24) is 0 Å². The third kappa shape index (κ3) is 4.46. The van der Waals surface area contributed by atoms with Crippen molar-refractivity contribution in [2.24, 2.45) is 11.5 Å². The Labute approximate surface area is 110 Å². The van der Waals surface area contributed by atoms with Crippen molar-refractivity contribution in [2.45, 2.75) is 64.2 Å². The minimum atomic E-state index is -0.985. The Balaban J connectivity index is 0. The van der Waals surface area contributed by atoms with Gasteiger partial charge in [0.2, 0.25) is 0 Å². The number of hydrogen-bond donors (Lipinski definition) is 4. The highest BCUT2D eigenvalue weighted by molar-refractivity contribution is 5.03. The first-order valence-corrected chi connectivity index (χ1v) is 6.47. The fourth-order valence-electron chi connectivity index (χ4n) is 1.85. The second-order valence-corrected chi connectivity index (χ2v) is 3.54. The summed E-state index contributed by atoms with van der Waals surface area (Å²) in [6.45, 7) is 8.00. The molecule has 0 unspecified atom stereocenters. The summed E-state index contributed by atoms with van der Waals surface area (Å²) in [5.74, 6) is 0. The molecule has 18 heavy (non-hydrogen) atoms. The molecule has 0 bridgehead atoms. The van der Waals surface area contributed by atoms with Crippen LogP contribution < -0.4 is 11.5 Å². The lowest BCUT2D eigenvalue weighted by molar-refractivity contribution is -0.160. The maximum Gasteiger partial charge on any atom is 0.112 e. The first-order valence-electron chi connectivity index (χ1n) is 6.47. The molecule has 0 heterocycles. The molecule has 6 N–H and O–H groups in total. The Hall–Kier alpha value is -0.240. The van der Waals surface area contributed by atoms with Crippen molar-refractivity contribution >= 4 is 0 Å². The molecule has 1 aliphatic carbocycles. The first-order chi connectivity index (χ1) is 8.54. The predicted octanol–water partition coefficient (Wildman–Crippen LogP) is -0.541. The van der Waals surface area contributed by atoms with Crippen LogP contribution >= 0.6 is 0 Å². The van der Waals surface area contributed by atoms with Crippen molar-refractivity contribution in [3.8, 4) is 0 Å². The Bertz CT molecular complexity index is 175. The van der Waals surface area contributed by atoms with Gasteiger partial charge < -0.3 is 31.2 Å². The van der Waals surface area contributed by atoms with E-state index in [0.717, 1.165) is 0 Å². The average molecular weight is 266 g/mol. The van der Waals surface area contributed by atoms with E-state index < -0.39 is 36.5 Å². The molecule has 0 spiro atoms. The summed E-state index contributed by atoms with van der Waals surface area (Å²) >= 11 is 0. The minimum absolute atomic E-state index is 0.551.